The molecule has 8 heteroatoms. The maximum absolute atomic E-state index is 12.5. The van der Waals surface area contributed by atoms with Crippen LogP contribution in [0.25, 0.3) is 0 Å². The maximum atomic E-state index is 12.5. The Kier molecular flexibility index (Phi) is 6.32. The Morgan fingerprint density at radius 3 is 2.58 bits per heavy atom. The summed E-state index contributed by atoms with van der Waals surface area (Å²) in [5, 5.41) is 3.57. The number of rotatable bonds is 5. The normalized spacial score (nSPS) is 19.7. The van der Waals surface area contributed by atoms with Crippen molar-refractivity contribution >= 4 is 33.4 Å². The number of carbonyl (C=O) groups is 1. The van der Waals surface area contributed by atoms with E-state index in [4.69, 9.17) is 21.1 Å². The number of benzene rings is 1. The van der Waals surface area contributed by atoms with Crippen molar-refractivity contribution in [3.05, 3.63) is 45.7 Å². The zero-order chi connectivity index (χ0) is 18.5. The molecule has 0 saturated heterocycles. The van der Waals surface area contributed by atoms with Gasteiger partial charge in [-0.05, 0) is 59.8 Å². The van der Waals surface area contributed by atoms with E-state index < -0.39 is 0 Å². The molecule has 0 radical (unpaired) electrons. The Labute approximate surface area is 165 Å². The predicted molar refractivity (Wildman–Crippen MR) is 102 cm³/mol. The summed E-state index contributed by atoms with van der Waals surface area (Å²) in [7, 11) is 1.58. The number of carbonyl (C=O) groups excluding carboxylic acids is 1. The molecule has 0 bridgehead atoms. The molecule has 26 heavy (non-hydrogen) atoms. The van der Waals surface area contributed by atoms with Crippen LogP contribution < -0.4 is 14.8 Å². The van der Waals surface area contributed by atoms with Crippen LogP contribution in [0.3, 0.4) is 0 Å². The summed E-state index contributed by atoms with van der Waals surface area (Å²) in [6.07, 6.45) is 6.42. The molecule has 3 rings (SSSR count). The highest BCUT2D eigenvalue weighted by Crippen LogP contribution is 2.25. The highest BCUT2D eigenvalue weighted by Gasteiger charge is 2.25. The van der Waals surface area contributed by atoms with Crippen LogP contribution in [0.2, 0.25) is 5.02 Å². The standard InChI is InChI=1S/C18H19BrClN3O3/c1-25-14-6-7-16(19)15(8-14)17(24)23-12-2-4-13(5-3-12)26-18-21-9-11(20)10-22-18/h6-10,12-13H,2-5H2,1H3,(H,23,24). The lowest BCUT2D eigenvalue weighted by Crippen LogP contribution is -2.39. The van der Waals surface area contributed by atoms with Gasteiger partial charge in [0.2, 0.25) is 0 Å². The Balaban J connectivity index is 1.52. The molecule has 138 valence electrons. The van der Waals surface area contributed by atoms with E-state index in [9.17, 15) is 4.79 Å². The van der Waals surface area contributed by atoms with Gasteiger partial charge in [-0.2, -0.15) is 0 Å². The van der Waals surface area contributed by atoms with Gasteiger partial charge in [0.25, 0.3) is 5.91 Å². The van der Waals surface area contributed by atoms with Crippen LogP contribution in [-0.2, 0) is 0 Å². The molecule has 0 unspecified atom stereocenters. The first-order valence-electron chi connectivity index (χ1n) is 8.33. The number of nitrogens with zero attached hydrogens (tertiary/aromatic N) is 2. The van der Waals surface area contributed by atoms with Crippen LogP contribution in [-0.4, -0.2) is 35.1 Å². The first-order valence-corrected chi connectivity index (χ1v) is 9.51. The van der Waals surface area contributed by atoms with Crippen molar-refractivity contribution in [3.63, 3.8) is 0 Å². The molecule has 2 aromatic rings. The molecule has 1 saturated carbocycles. The SMILES string of the molecule is COc1ccc(Br)c(C(=O)NC2CCC(Oc3ncc(Cl)cn3)CC2)c1. The van der Waals surface area contributed by atoms with Crippen molar-refractivity contribution in [2.45, 2.75) is 37.8 Å². The highest BCUT2D eigenvalue weighted by molar-refractivity contribution is 9.10. The minimum atomic E-state index is -0.110. The molecule has 6 nitrogen and oxygen atoms in total. The van der Waals surface area contributed by atoms with E-state index in [0.29, 0.717) is 22.3 Å². The molecule has 1 aromatic heterocycles. The summed E-state index contributed by atoms with van der Waals surface area (Å²) in [5.41, 5.74) is 0.567. The van der Waals surface area contributed by atoms with Gasteiger partial charge < -0.3 is 14.8 Å². The van der Waals surface area contributed by atoms with Gasteiger partial charge in [0.1, 0.15) is 11.9 Å². The van der Waals surface area contributed by atoms with E-state index in [2.05, 4.69) is 31.2 Å². The summed E-state index contributed by atoms with van der Waals surface area (Å²) in [6, 6.07) is 5.80. The maximum Gasteiger partial charge on any atom is 0.316 e. The molecule has 1 aliphatic carbocycles. The van der Waals surface area contributed by atoms with Gasteiger partial charge in [0, 0.05) is 10.5 Å². The largest absolute Gasteiger partial charge is 0.497 e. The average Bonchev–Trinajstić information content (AvgIpc) is 2.65. The zero-order valence-corrected chi connectivity index (χ0v) is 16.6. The molecule has 0 aliphatic heterocycles. The lowest BCUT2D eigenvalue weighted by Gasteiger charge is -2.29. The van der Waals surface area contributed by atoms with Gasteiger partial charge >= 0.3 is 6.01 Å². The van der Waals surface area contributed by atoms with Crippen molar-refractivity contribution in [3.8, 4) is 11.8 Å². The smallest absolute Gasteiger partial charge is 0.316 e. The van der Waals surface area contributed by atoms with Gasteiger partial charge in [-0.1, -0.05) is 11.6 Å². The summed E-state index contributed by atoms with van der Waals surface area (Å²) in [6.45, 7) is 0. The molecule has 1 aromatic carbocycles. The second kappa shape index (κ2) is 8.68. The Bertz CT molecular complexity index is 765. The lowest BCUT2D eigenvalue weighted by atomic mass is 9.92. The van der Waals surface area contributed by atoms with Gasteiger partial charge in [-0.3, -0.25) is 4.79 Å². The fraction of sp³-hybridized carbons (Fsp3) is 0.389. The Morgan fingerprint density at radius 2 is 1.92 bits per heavy atom. The molecular formula is C18H19BrClN3O3. The summed E-state index contributed by atoms with van der Waals surface area (Å²) in [5.74, 6) is 0.541. The molecule has 1 heterocycles. The Hall–Kier alpha value is -1.86. The first-order chi connectivity index (χ1) is 12.5. The van der Waals surface area contributed by atoms with Crippen LogP contribution in [0.4, 0.5) is 0 Å². The minimum absolute atomic E-state index is 0.0490. The minimum Gasteiger partial charge on any atom is -0.497 e. The van der Waals surface area contributed by atoms with E-state index in [1.54, 1.807) is 13.2 Å². The molecule has 1 aliphatic rings. The van der Waals surface area contributed by atoms with Crippen LogP contribution >= 0.6 is 27.5 Å². The first kappa shape index (κ1) is 18.9. The number of hydrogen-bond donors (Lipinski definition) is 1. The van der Waals surface area contributed by atoms with E-state index in [0.717, 1.165) is 30.2 Å². The quantitative estimate of drug-likeness (QED) is 0.760. The molecule has 0 atom stereocenters. The Morgan fingerprint density at radius 1 is 1.23 bits per heavy atom. The number of ether oxygens (including phenoxy) is 2. The average molecular weight is 441 g/mol. The molecule has 1 fully saturated rings. The van der Waals surface area contributed by atoms with E-state index in [1.807, 2.05) is 12.1 Å². The van der Waals surface area contributed by atoms with Crippen molar-refractivity contribution in [2.75, 3.05) is 7.11 Å². The number of amides is 1. The van der Waals surface area contributed by atoms with Crippen molar-refractivity contribution in [1.29, 1.82) is 0 Å². The van der Waals surface area contributed by atoms with Crippen molar-refractivity contribution < 1.29 is 14.3 Å². The third-order valence-corrected chi connectivity index (χ3v) is 5.18. The van der Waals surface area contributed by atoms with Crippen LogP contribution in [0.5, 0.6) is 11.8 Å². The number of aromatic nitrogens is 2. The van der Waals surface area contributed by atoms with E-state index in [-0.39, 0.29) is 18.1 Å². The topological polar surface area (TPSA) is 73.3 Å². The van der Waals surface area contributed by atoms with Crippen molar-refractivity contribution in [2.24, 2.45) is 0 Å². The number of halogens is 2. The van der Waals surface area contributed by atoms with Crippen LogP contribution in [0, 0.1) is 0 Å². The van der Waals surface area contributed by atoms with E-state index >= 15 is 0 Å². The summed E-state index contributed by atoms with van der Waals surface area (Å²) < 4.78 is 11.7. The summed E-state index contributed by atoms with van der Waals surface area (Å²) >= 11 is 9.19. The van der Waals surface area contributed by atoms with Crippen LogP contribution in [0.15, 0.2) is 35.1 Å². The molecule has 1 N–H and O–H groups in total. The lowest BCUT2D eigenvalue weighted by molar-refractivity contribution is 0.0884. The number of methoxy groups -OCH3 is 1. The third-order valence-electron chi connectivity index (χ3n) is 4.30. The predicted octanol–water partition coefficient (Wildman–Crippen LogP) is 4.02. The fourth-order valence-electron chi connectivity index (χ4n) is 2.90. The van der Waals surface area contributed by atoms with E-state index in [1.165, 1.54) is 12.4 Å². The second-order valence-corrected chi connectivity index (χ2v) is 7.39. The fourth-order valence-corrected chi connectivity index (χ4v) is 3.43. The van der Waals surface area contributed by atoms with Crippen molar-refractivity contribution in [1.82, 2.24) is 15.3 Å². The summed E-state index contributed by atoms with van der Waals surface area (Å²) in [4.78, 5) is 20.7. The number of nitrogens with one attached hydrogen (secondary N) is 1. The number of hydrogen-bond acceptors (Lipinski definition) is 5. The van der Waals surface area contributed by atoms with Gasteiger partial charge in [0.05, 0.1) is 30.1 Å². The van der Waals surface area contributed by atoms with Gasteiger partial charge in [0.15, 0.2) is 0 Å². The molecule has 0 spiro atoms. The van der Waals surface area contributed by atoms with Gasteiger partial charge in [-0.15, -0.1) is 0 Å². The second-order valence-electron chi connectivity index (χ2n) is 6.09. The van der Waals surface area contributed by atoms with Crippen LogP contribution in [0.1, 0.15) is 36.0 Å². The molecule has 1 amide bonds. The monoisotopic (exact) mass is 439 g/mol. The van der Waals surface area contributed by atoms with Gasteiger partial charge in [-0.25, -0.2) is 9.97 Å². The highest BCUT2D eigenvalue weighted by atomic mass is 79.9. The molecular weight excluding hydrogens is 422 g/mol. The third kappa shape index (κ3) is 4.86. The zero-order valence-electron chi connectivity index (χ0n) is 14.2.